The fourth-order valence-electron chi connectivity index (χ4n) is 2.14. The third kappa shape index (κ3) is 1.49. The molecule has 0 fully saturated rings. The van der Waals surface area contributed by atoms with Crippen molar-refractivity contribution in [2.75, 3.05) is 11.1 Å². The van der Waals surface area contributed by atoms with E-state index in [1.54, 1.807) is 11.3 Å². The summed E-state index contributed by atoms with van der Waals surface area (Å²) >= 11 is 1.59. The van der Waals surface area contributed by atoms with Crippen LogP contribution in [0.1, 0.15) is 24.1 Å². The standard InChI is InChI=1S/C12H10N4OS/c1-6-8(4-13)9(7-2-3-18-5-7)10-11(15-6)17-12(14)16-10/h2-3,5,9,15H,1H3,(H2,14,16). The maximum atomic E-state index is 9.33. The number of aromatic nitrogens is 1. The van der Waals surface area contributed by atoms with Gasteiger partial charge in [-0.15, -0.1) is 0 Å². The first kappa shape index (κ1) is 10.9. The Hall–Kier alpha value is -2.26. The molecule has 1 unspecified atom stereocenters. The molecule has 1 aliphatic heterocycles. The largest absolute Gasteiger partial charge is 0.407 e. The highest BCUT2D eigenvalue weighted by atomic mass is 32.1. The van der Waals surface area contributed by atoms with E-state index in [0.717, 1.165) is 11.3 Å². The topological polar surface area (TPSA) is 87.9 Å². The van der Waals surface area contributed by atoms with E-state index in [1.165, 1.54) is 0 Å². The highest BCUT2D eigenvalue weighted by molar-refractivity contribution is 7.08. The third-order valence-corrected chi connectivity index (χ3v) is 3.64. The number of nitrogens with one attached hydrogen (secondary N) is 1. The van der Waals surface area contributed by atoms with Crippen LogP contribution in [0.2, 0.25) is 0 Å². The number of hydrogen-bond acceptors (Lipinski definition) is 6. The molecule has 0 saturated carbocycles. The zero-order valence-electron chi connectivity index (χ0n) is 9.60. The second-order valence-corrected chi connectivity index (χ2v) is 4.81. The number of nitrogen functional groups attached to an aromatic ring is 1. The fourth-order valence-corrected chi connectivity index (χ4v) is 2.82. The van der Waals surface area contributed by atoms with Crippen LogP contribution >= 0.6 is 11.3 Å². The van der Waals surface area contributed by atoms with Gasteiger partial charge in [-0.3, -0.25) is 0 Å². The molecule has 0 spiro atoms. The minimum atomic E-state index is -0.196. The molecule has 3 N–H and O–H groups in total. The van der Waals surface area contributed by atoms with Crippen LogP contribution < -0.4 is 11.1 Å². The van der Waals surface area contributed by atoms with Gasteiger partial charge in [-0.1, -0.05) is 0 Å². The van der Waals surface area contributed by atoms with Crippen molar-refractivity contribution in [3.63, 3.8) is 0 Å². The molecule has 1 atom stereocenters. The number of thiophene rings is 1. The molecule has 0 aliphatic carbocycles. The van der Waals surface area contributed by atoms with Crippen LogP contribution in [-0.2, 0) is 0 Å². The molecule has 2 aromatic heterocycles. The summed E-state index contributed by atoms with van der Waals surface area (Å²) in [5.74, 6) is 0.332. The number of fused-ring (bicyclic) bond motifs is 1. The van der Waals surface area contributed by atoms with Crippen molar-refractivity contribution in [3.8, 4) is 6.07 Å². The monoisotopic (exact) mass is 258 g/mol. The summed E-state index contributed by atoms with van der Waals surface area (Å²) in [7, 11) is 0. The number of allylic oxidation sites excluding steroid dienone is 2. The summed E-state index contributed by atoms with van der Waals surface area (Å²) in [5, 5.41) is 16.3. The van der Waals surface area contributed by atoms with Crippen molar-refractivity contribution < 1.29 is 4.42 Å². The molecular formula is C12H10N4OS. The second-order valence-electron chi connectivity index (χ2n) is 4.03. The average Bonchev–Trinajstić information content (AvgIpc) is 2.95. The maximum Gasteiger partial charge on any atom is 0.294 e. The lowest BCUT2D eigenvalue weighted by Gasteiger charge is -2.21. The lowest BCUT2D eigenvalue weighted by Crippen LogP contribution is -2.16. The lowest BCUT2D eigenvalue weighted by atomic mass is 9.87. The van der Waals surface area contributed by atoms with Gasteiger partial charge in [0.25, 0.3) is 6.01 Å². The van der Waals surface area contributed by atoms with E-state index in [0.29, 0.717) is 17.2 Å². The minimum absolute atomic E-state index is 0.111. The molecule has 6 heteroatoms. The van der Waals surface area contributed by atoms with Crippen molar-refractivity contribution in [1.29, 1.82) is 5.26 Å². The van der Waals surface area contributed by atoms with Crippen molar-refractivity contribution in [2.24, 2.45) is 0 Å². The first-order valence-corrected chi connectivity index (χ1v) is 6.31. The summed E-state index contributed by atoms with van der Waals surface area (Å²) in [6.07, 6.45) is 0. The molecule has 0 amide bonds. The molecule has 3 heterocycles. The zero-order chi connectivity index (χ0) is 12.7. The third-order valence-electron chi connectivity index (χ3n) is 2.93. The molecule has 0 bridgehead atoms. The van der Waals surface area contributed by atoms with Gasteiger partial charge in [-0.25, -0.2) is 0 Å². The van der Waals surface area contributed by atoms with Gasteiger partial charge in [0.2, 0.25) is 5.88 Å². The van der Waals surface area contributed by atoms with Crippen LogP contribution in [0.15, 0.2) is 32.5 Å². The lowest BCUT2D eigenvalue weighted by molar-refractivity contribution is 0.591. The molecule has 2 aromatic rings. The zero-order valence-corrected chi connectivity index (χ0v) is 10.4. The predicted octanol–water partition coefficient (Wildman–Crippen LogP) is 2.67. The van der Waals surface area contributed by atoms with Gasteiger partial charge in [0.05, 0.1) is 17.6 Å². The van der Waals surface area contributed by atoms with E-state index in [9.17, 15) is 5.26 Å². The van der Waals surface area contributed by atoms with Crippen LogP contribution in [-0.4, -0.2) is 4.98 Å². The predicted molar refractivity (Wildman–Crippen MR) is 69.0 cm³/mol. The summed E-state index contributed by atoms with van der Waals surface area (Å²) in [5.41, 5.74) is 8.72. The van der Waals surface area contributed by atoms with E-state index < -0.39 is 0 Å². The molecular weight excluding hydrogens is 248 g/mol. The number of rotatable bonds is 1. The first-order valence-electron chi connectivity index (χ1n) is 5.37. The van der Waals surface area contributed by atoms with Gasteiger partial charge in [-0.05, 0) is 29.3 Å². The fraction of sp³-hybridized carbons (Fsp3) is 0.167. The van der Waals surface area contributed by atoms with E-state index in [1.807, 2.05) is 23.8 Å². The maximum absolute atomic E-state index is 9.33. The summed E-state index contributed by atoms with van der Waals surface area (Å²) in [6.45, 7) is 1.85. The normalized spacial score (nSPS) is 18.1. The van der Waals surface area contributed by atoms with E-state index in [-0.39, 0.29) is 11.9 Å². The highest BCUT2D eigenvalue weighted by Gasteiger charge is 2.32. The molecule has 0 radical (unpaired) electrons. The number of anilines is 2. The minimum Gasteiger partial charge on any atom is -0.407 e. The number of oxazole rings is 1. The Kier molecular flexibility index (Phi) is 2.35. The number of hydrogen-bond donors (Lipinski definition) is 2. The molecule has 1 aliphatic rings. The van der Waals surface area contributed by atoms with Crippen molar-refractivity contribution >= 4 is 23.2 Å². The van der Waals surface area contributed by atoms with Gasteiger partial charge in [-0.2, -0.15) is 21.6 Å². The Morgan fingerprint density at radius 1 is 1.61 bits per heavy atom. The Bertz CT molecular complexity index is 663. The smallest absolute Gasteiger partial charge is 0.294 e. The second kappa shape index (κ2) is 3.89. The van der Waals surface area contributed by atoms with E-state index >= 15 is 0 Å². The molecule has 90 valence electrons. The van der Waals surface area contributed by atoms with Crippen molar-refractivity contribution in [1.82, 2.24) is 4.98 Å². The Morgan fingerprint density at radius 2 is 2.44 bits per heavy atom. The van der Waals surface area contributed by atoms with Crippen LogP contribution in [0, 0.1) is 11.3 Å². The molecule has 0 saturated heterocycles. The number of nitriles is 1. The molecule has 0 aromatic carbocycles. The van der Waals surface area contributed by atoms with E-state index in [4.69, 9.17) is 10.2 Å². The SMILES string of the molecule is CC1=C(C#N)C(c2ccsc2)c2nc(N)oc2N1. The Balaban J connectivity index is 2.22. The quantitative estimate of drug-likeness (QED) is 0.821. The summed E-state index contributed by atoms with van der Waals surface area (Å²) < 4.78 is 5.31. The highest BCUT2D eigenvalue weighted by Crippen LogP contribution is 2.42. The molecule has 18 heavy (non-hydrogen) atoms. The van der Waals surface area contributed by atoms with Crippen LogP contribution in [0.4, 0.5) is 11.9 Å². The Labute approximate surface area is 108 Å². The van der Waals surface area contributed by atoms with Crippen LogP contribution in [0.25, 0.3) is 0 Å². The number of nitrogens with two attached hydrogens (primary N) is 1. The summed E-state index contributed by atoms with van der Waals surface area (Å²) in [4.78, 5) is 4.19. The molecule has 5 nitrogen and oxygen atoms in total. The van der Waals surface area contributed by atoms with Gasteiger partial charge in [0.15, 0.2) is 0 Å². The average molecular weight is 258 g/mol. The van der Waals surface area contributed by atoms with Gasteiger partial charge in [0.1, 0.15) is 5.69 Å². The summed E-state index contributed by atoms with van der Waals surface area (Å²) in [6, 6.07) is 4.34. The molecule has 3 rings (SSSR count). The number of nitrogens with zero attached hydrogens (tertiary/aromatic N) is 2. The van der Waals surface area contributed by atoms with Crippen molar-refractivity contribution in [3.05, 3.63) is 39.4 Å². The van der Waals surface area contributed by atoms with Crippen LogP contribution in [0.5, 0.6) is 0 Å². The van der Waals surface area contributed by atoms with Crippen molar-refractivity contribution in [2.45, 2.75) is 12.8 Å². The van der Waals surface area contributed by atoms with Gasteiger partial charge >= 0.3 is 0 Å². The first-order chi connectivity index (χ1) is 8.70. The van der Waals surface area contributed by atoms with Gasteiger partial charge < -0.3 is 15.5 Å². The van der Waals surface area contributed by atoms with E-state index in [2.05, 4.69) is 16.4 Å². The van der Waals surface area contributed by atoms with Crippen LogP contribution in [0.3, 0.4) is 0 Å². The Morgan fingerprint density at radius 3 is 3.11 bits per heavy atom. The van der Waals surface area contributed by atoms with Gasteiger partial charge in [0, 0.05) is 5.70 Å².